The summed E-state index contributed by atoms with van der Waals surface area (Å²) in [7, 11) is 2.98. The number of carbonyl (C=O) groups is 3. The minimum Gasteiger partial charge on any atom is -0.507 e. The number of fused-ring (bicyclic) bond motifs is 3. The number of primary amides is 1. The quantitative estimate of drug-likeness (QED) is 0.308. The number of nitrogens with two attached hydrogens (primary N) is 1. The summed E-state index contributed by atoms with van der Waals surface area (Å²) >= 11 is 0. The maximum Gasteiger partial charge on any atom is 0.230 e. The number of likely N-dealkylation sites (N-methyl/N-ethyl adjacent to an activating group) is 1. The molecule has 1 aromatic rings. The summed E-state index contributed by atoms with van der Waals surface area (Å²) in [5.41, 5.74) is 2.20. The third-order valence-electron chi connectivity index (χ3n) is 6.97. The molecule has 1 amide bonds. The first kappa shape index (κ1) is 24.6. The van der Waals surface area contributed by atoms with Gasteiger partial charge in [0, 0.05) is 17.9 Å². The molecule has 7 N–H and O–H groups in total. The second-order valence-electron chi connectivity index (χ2n) is 8.77. The Balaban J connectivity index is 0.00000306. The number of nitrogens with zero attached hydrogens (tertiary/aromatic N) is 1. The van der Waals surface area contributed by atoms with Crippen LogP contribution in [-0.2, 0) is 14.4 Å². The lowest BCUT2D eigenvalue weighted by atomic mass is 9.52. The highest BCUT2D eigenvalue weighted by Crippen LogP contribution is 2.55. The summed E-state index contributed by atoms with van der Waals surface area (Å²) < 4.78 is 0. The highest BCUT2D eigenvalue weighted by atomic mass is 16.3. The number of ketones is 2. The van der Waals surface area contributed by atoms with Crippen LogP contribution in [0.1, 0.15) is 18.6 Å². The lowest BCUT2D eigenvalue weighted by Gasteiger charge is -2.55. The third kappa shape index (κ3) is 2.91. The zero-order valence-corrected chi connectivity index (χ0v) is 17.4. The highest BCUT2D eigenvalue weighted by Gasteiger charge is 2.70. The van der Waals surface area contributed by atoms with Gasteiger partial charge in [0.05, 0.1) is 23.3 Å². The molecule has 0 heterocycles. The summed E-state index contributed by atoms with van der Waals surface area (Å²) in [5, 5.41) is 54.8. The van der Waals surface area contributed by atoms with E-state index >= 15 is 0 Å². The molecule has 0 bridgehead atoms. The maximum absolute atomic E-state index is 13.6. The van der Waals surface area contributed by atoms with E-state index in [9.17, 15) is 39.9 Å². The first-order valence-corrected chi connectivity index (χ1v) is 9.95. The van der Waals surface area contributed by atoms with Gasteiger partial charge in [-0.2, -0.15) is 0 Å². The van der Waals surface area contributed by atoms with E-state index < -0.39 is 70.4 Å². The second kappa shape index (κ2) is 7.77. The molecule has 2 saturated carbocycles. The minimum absolute atomic E-state index is 0. The average molecular weight is 460 g/mol. The fraction of sp³-hybridized carbons (Fsp3) is 0.435. The number of aliphatic hydroxyl groups is 4. The van der Waals surface area contributed by atoms with Gasteiger partial charge in [0.2, 0.25) is 11.7 Å². The first-order chi connectivity index (χ1) is 14.9. The maximum atomic E-state index is 13.6. The van der Waals surface area contributed by atoms with E-state index in [0.717, 1.165) is 0 Å². The van der Waals surface area contributed by atoms with Gasteiger partial charge < -0.3 is 36.2 Å². The number of amides is 1. The van der Waals surface area contributed by atoms with Crippen molar-refractivity contribution in [1.29, 1.82) is 0 Å². The van der Waals surface area contributed by atoms with Crippen molar-refractivity contribution < 1.29 is 39.9 Å². The molecular weight excluding hydrogens is 432 g/mol. The lowest BCUT2D eigenvalue weighted by molar-refractivity contribution is -0.196. The van der Waals surface area contributed by atoms with Gasteiger partial charge in [-0.05, 0) is 31.3 Å². The Kier molecular flexibility index (Phi) is 5.79. The van der Waals surface area contributed by atoms with Crippen LogP contribution in [0, 0.1) is 17.8 Å². The number of rotatable bonds is 2. The van der Waals surface area contributed by atoms with E-state index in [2.05, 4.69) is 6.58 Å². The van der Waals surface area contributed by atoms with E-state index in [1.807, 2.05) is 0 Å². The summed E-state index contributed by atoms with van der Waals surface area (Å²) in [6.07, 6.45) is -3.35. The number of hydrogen-bond donors (Lipinski definition) is 6. The van der Waals surface area contributed by atoms with E-state index in [-0.39, 0.29) is 29.9 Å². The molecule has 10 heteroatoms. The molecule has 4 rings (SSSR count). The largest absolute Gasteiger partial charge is 0.507 e. The second-order valence-corrected chi connectivity index (χ2v) is 8.77. The Labute approximate surface area is 190 Å². The van der Waals surface area contributed by atoms with Crippen molar-refractivity contribution in [2.45, 2.75) is 31.3 Å². The monoisotopic (exact) mass is 460 g/mol. The predicted octanol–water partition coefficient (Wildman–Crippen LogP) is -0.793. The van der Waals surface area contributed by atoms with Crippen molar-refractivity contribution in [2.24, 2.45) is 23.5 Å². The molecule has 0 radical (unpaired) electrons. The van der Waals surface area contributed by atoms with Gasteiger partial charge in [-0.25, -0.2) is 0 Å². The number of benzene rings is 1. The first-order valence-electron chi connectivity index (χ1n) is 9.95. The van der Waals surface area contributed by atoms with E-state index in [1.165, 1.54) is 37.2 Å². The molecule has 1 aromatic carbocycles. The van der Waals surface area contributed by atoms with Gasteiger partial charge in [0.1, 0.15) is 17.4 Å². The third-order valence-corrected chi connectivity index (χ3v) is 6.97. The van der Waals surface area contributed by atoms with Gasteiger partial charge in [0.25, 0.3) is 0 Å². The average Bonchev–Trinajstić information content (AvgIpc) is 2.70. The summed E-state index contributed by atoms with van der Waals surface area (Å²) in [6, 6.07) is 3.10. The highest BCUT2D eigenvalue weighted by molar-refractivity contribution is 6.26. The number of Topliss-reactive ketones (excluding diaryl/α,β-unsaturated/α-hetero) is 2. The molecule has 10 nitrogen and oxygen atoms in total. The lowest BCUT2D eigenvalue weighted by Crippen LogP contribution is -2.76. The molecule has 33 heavy (non-hydrogen) atoms. The summed E-state index contributed by atoms with van der Waals surface area (Å²) in [6.45, 7) is 3.93. The van der Waals surface area contributed by atoms with Crippen molar-refractivity contribution in [2.75, 3.05) is 14.1 Å². The zero-order valence-electron chi connectivity index (χ0n) is 17.4. The molecule has 0 saturated heterocycles. The van der Waals surface area contributed by atoms with Gasteiger partial charge >= 0.3 is 0 Å². The van der Waals surface area contributed by atoms with Crippen molar-refractivity contribution >= 4 is 28.8 Å². The molecule has 2 fully saturated rings. The topological polar surface area (TPSA) is 182 Å². The van der Waals surface area contributed by atoms with E-state index in [4.69, 9.17) is 5.73 Å². The summed E-state index contributed by atoms with van der Waals surface area (Å²) in [4.78, 5) is 40.2. The fourth-order valence-electron chi connectivity index (χ4n) is 5.57. The van der Waals surface area contributed by atoms with Crippen LogP contribution in [0.3, 0.4) is 0 Å². The Morgan fingerprint density at radius 3 is 2.30 bits per heavy atom. The Hall–Kier alpha value is -3.05. The Bertz CT molecular complexity index is 1110. The van der Waals surface area contributed by atoms with Crippen LogP contribution in [0.5, 0.6) is 5.75 Å². The SMILES string of the molecule is C.C=C1c2cccc(O)c2C(O)=C2C(=O)C3(O)C(=O)C(C(N)=O)C(O)C(N(C)C)C3C(O)C12. The fourth-order valence-corrected chi connectivity index (χ4v) is 5.57. The van der Waals surface area contributed by atoms with Crippen LogP contribution >= 0.6 is 0 Å². The van der Waals surface area contributed by atoms with Crippen LogP contribution in [0.15, 0.2) is 30.4 Å². The van der Waals surface area contributed by atoms with Crippen LogP contribution < -0.4 is 5.73 Å². The van der Waals surface area contributed by atoms with Crippen LogP contribution in [0.2, 0.25) is 0 Å². The standard InChI is InChI=1S/C22H24N2O8.CH4/c1-7-8-5-4-6-9(25)11(8)16(26)12-10(7)17(27)14-15(24(2)3)18(28)13(21(23)31)20(30)22(14,32)19(12)29;/h4-6,10,13-15,17-18,25-28,32H,1H2,2-3H3,(H2,23,31);1H4. The number of aromatic hydroxyl groups is 1. The molecule has 3 aliphatic carbocycles. The number of phenolic OH excluding ortho intramolecular Hbond substituents is 1. The van der Waals surface area contributed by atoms with Gasteiger partial charge in [-0.15, -0.1) is 0 Å². The van der Waals surface area contributed by atoms with Crippen LogP contribution in [0.4, 0.5) is 0 Å². The minimum atomic E-state index is -2.95. The Morgan fingerprint density at radius 2 is 1.76 bits per heavy atom. The molecule has 3 aliphatic rings. The molecule has 7 unspecified atom stereocenters. The number of aliphatic hydroxyl groups excluding tert-OH is 3. The zero-order chi connectivity index (χ0) is 23.9. The van der Waals surface area contributed by atoms with Crippen LogP contribution in [0.25, 0.3) is 11.3 Å². The van der Waals surface area contributed by atoms with Gasteiger partial charge in [-0.1, -0.05) is 26.1 Å². The number of hydrogen-bond acceptors (Lipinski definition) is 9. The molecule has 7 atom stereocenters. The predicted molar refractivity (Wildman–Crippen MR) is 118 cm³/mol. The molecule has 178 valence electrons. The van der Waals surface area contributed by atoms with Crippen LogP contribution in [-0.4, -0.2) is 85.9 Å². The summed E-state index contributed by atoms with van der Waals surface area (Å²) in [5.74, 6) is -9.59. The van der Waals surface area contributed by atoms with Gasteiger partial charge in [-0.3, -0.25) is 14.4 Å². The van der Waals surface area contributed by atoms with Crippen molar-refractivity contribution in [3.8, 4) is 5.75 Å². The van der Waals surface area contributed by atoms with Crippen molar-refractivity contribution in [3.05, 3.63) is 41.5 Å². The smallest absolute Gasteiger partial charge is 0.230 e. The van der Waals surface area contributed by atoms with E-state index in [0.29, 0.717) is 0 Å². The molecule has 0 spiro atoms. The molecule has 0 aromatic heterocycles. The van der Waals surface area contributed by atoms with Crippen molar-refractivity contribution in [1.82, 2.24) is 4.90 Å². The molecule has 0 aliphatic heterocycles. The number of carbonyl (C=O) groups excluding carboxylic acids is 3. The van der Waals surface area contributed by atoms with Crippen molar-refractivity contribution in [3.63, 3.8) is 0 Å². The normalized spacial score (nSPS) is 35.5. The van der Waals surface area contributed by atoms with E-state index in [1.54, 1.807) is 0 Å². The van der Waals surface area contributed by atoms with Gasteiger partial charge in [0.15, 0.2) is 11.4 Å². The Morgan fingerprint density at radius 1 is 1.15 bits per heavy atom. The number of phenols is 1. The molecular formula is C23H28N2O8.